The molecule has 0 bridgehead atoms. The van der Waals surface area contributed by atoms with Crippen LogP contribution in [0.1, 0.15) is 5.56 Å². The van der Waals surface area contributed by atoms with Crippen LogP contribution in [-0.4, -0.2) is 49.3 Å². The Morgan fingerprint density at radius 2 is 1.62 bits per heavy atom. The highest BCUT2D eigenvalue weighted by Crippen LogP contribution is 2.19. The van der Waals surface area contributed by atoms with Crippen LogP contribution in [-0.2, 0) is 0 Å². The maximum absolute atomic E-state index is 9.36. The number of piperazine rings is 1. The van der Waals surface area contributed by atoms with Gasteiger partial charge in [0.2, 0.25) is 0 Å². The summed E-state index contributed by atoms with van der Waals surface area (Å²) >= 11 is 0. The van der Waals surface area contributed by atoms with Gasteiger partial charge >= 0.3 is 0 Å². The maximum Gasteiger partial charge on any atom is 0.119 e. The lowest BCUT2D eigenvalue weighted by atomic mass is 10.2. The van der Waals surface area contributed by atoms with E-state index in [1.807, 2.05) is 24.3 Å². The number of phenols is 1. The number of ether oxygens (including phenoxy) is 1. The van der Waals surface area contributed by atoms with E-state index in [-0.39, 0.29) is 0 Å². The van der Waals surface area contributed by atoms with Crippen LogP contribution in [0.25, 0.3) is 0 Å². The Morgan fingerprint density at radius 3 is 2.25 bits per heavy atom. The summed E-state index contributed by atoms with van der Waals surface area (Å²) in [6.07, 6.45) is 0. The van der Waals surface area contributed by atoms with E-state index >= 15 is 0 Å². The molecule has 0 amide bonds. The fourth-order valence-corrected chi connectivity index (χ4v) is 2.81. The minimum atomic E-state index is 0.303. The number of nitrogens with zero attached hydrogens (tertiary/aromatic N) is 3. The molecule has 1 N–H and O–H groups in total. The van der Waals surface area contributed by atoms with Crippen molar-refractivity contribution in [1.29, 1.82) is 5.26 Å². The fourth-order valence-electron chi connectivity index (χ4n) is 2.81. The Balaban J connectivity index is 1.40. The van der Waals surface area contributed by atoms with Gasteiger partial charge in [-0.05, 0) is 48.5 Å². The molecule has 2 aromatic carbocycles. The number of hydrogen-bond donors (Lipinski definition) is 1. The van der Waals surface area contributed by atoms with Gasteiger partial charge in [0.25, 0.3) is 0 Å². The number of aromatic hydroxyl groups is 1. The molecule has 0 saturated carbocycles. The number of nitriles is 1. The molecule has 1 saturated heterocycles. The van der Waals surface area contributed by atoms with E-state index in [1.54, 1.807) is 24.3 Å². The Hall–Kier alpha value is -2.71. The van der Waals surface area contributed by atoms with Crippen LogP contribution in [0.15, 0.2) is 48.5 Å². The number of rotatable bonds is 5. The first-order chi connectivity index (χ1) is 11.7. The quantitative estimate of drug-likeness (QED) is 0.916. The van der Waals surface area contributed by atoms with Gasteiger partial charge in [-0.1, -0.05) is 0 Å². The van der Waals surface area contributed by atoms with E-state index in [1.165, 1.54) is 0 Å². The number of benzene rings is 2. The van der Waals surface area contributed by atoms with Crippen LogP contribution in [0.5, 0.6) is 11.5 Å². The molecule has 1 aliphatic rings. The summed E-state index contributed by atoms with van der Waals surface area (Å²) in [5, 5.41) is 18.1. The summed E-state index contributed by atoms with van der Waals surface area (Å²) < 4.78 is 5.74. The zero-order chi connectivity index (χ0) is 16.8. The molecule has 2 aromatic rings. The molecule has 0 spiro atoms. The zero-order valence-electron chi connectivity index (χ0n) is 13.6. The van der Waals surface area contributed by atoms with Gasteiger partial charge in [0.1, 0.15) is 18.1 Å². The van der Waals surface area contributed by atoms with Crippen LogP contribution in [0.2, 0.25) is 0 Å². The van der Waals surface area contributed by atoms with Crippen LogP contribution in [0, 0.1) is 11.3 Å². The molecule has 0 atom stereocenters. The third kappa shape index (κ3) is 4.18. The molecule has 0 aromatic heterocycles. The van der Waals surface area contributed by atoms with Gasteiger partial charge in [-0.25, -0.2) is 0 Å². The minimum absolute atomic E-state index is 0.303. The van der Waals surface area contributed by atoms with Crippen molar-refractivity contribution in [3.8, 4) is 17.6 Å². The predicted molar refractivity (Wildman–Crippen MR) is 93.4 cm³/mol. The summed E-state index contributed by atoms with van der Waals surface area (Å²) in [6.45, 7) is 5.48. The Bertz CT molecular complexity index is 684. The predicted octanol–water partition coefficient (Wildman–Crippen LogP) is 2.46. The van der Waals surface area contributed by atoms with Gasteiger partial charge in [-0.15, -0.1) is 0 Å². The van der Waals surface area contributed by atoms with Crippen molar-refractivity contribution in [2.45, 2.75) is 0 Å². The molecule has 1 fully saturated rings. The molecule has 5 nitrogen and oxygen atoms in total. The lowest BCUT2D eigenvalue weighted by Crippen LogP contribution is -2.47. The summed E-state index contributed by atoms with van der Waals surface area (Å²) in [5.74, 6) is 1.11. The first kappa shape index (κ1) is 16.2. The lowest BCUT2D eigenvalue weighted by molar-refractivity contribution is 0.200. The summed E-state index contributed by atoms with van der Waals surface area (Å²) in [4.78, 5) is 4.72. The Morgan fingerprint density at radius 1 is 0.958 bits per heavy atom. The molecule has 124 valence electrons. The molecule has 3 rings (SSSR count). The van der Waals surface area contributed by atoms with E-state index in [2.05, 4.69) is 15.9 Å². The van der Waals surface area contributed by atoms with Crippen LogP contribution in [0.3, 0.4) is 0 Å². The van der Waals surface area contributed by atoms with Crippen molar-refractivity contribution in [3.05, 3.63) is 54.1 Å². The molecule has 24 heavy (non-hydrogen) atoms. The topological polar surface area (TPSA) is 59.7 Å². The molecule has 5 heteroatoms. The van der Waals surface area contributed by atoms with Crippen molar-refractivity contribution in [2.24, 2.45) is 0 Å². The van der Waals surface area contributed by atoms with Gasteiger partial charge in [0, 0.05) is 38.4 Å². The summed E-state index contributed by atoms with van der Waals surface area (Å²) in [6, 6.07) is 16.7. The second-order valence-electron chi connectivity index (χ2n) is 5.83. The molecule has 0 unspecified atom stereocenters. The Kier molecular flexibility index (Phi) is 5.19. The first-order valence-corrected chi connectivity index (χ1v) is 8.14. The highest BCUT2D eigenvalue weighted by atomic mass is 16.5. The molecule has 0 radical (unpaired) electrons. The van der Waals surface area contributed by atoms with Crippen molar-refractivity contribution >= 4 is 5.69 Å². The fraction of sp³-hybridized carbons (Fsp3) is 0.316. The second kappa shape index (κ2) is 7.71. The van der Waals surface area contributed by atoms with Gasteiger partial charge in [0.05, 0.1) is 11.6 Å². The Labute approximate surface area is 142 Å². The molecule has 0 aliphatic carbocycles. The largest absolute Gasteiger partial charge is 0.508 e. The van der Waals surface area contributed by atoms with Gasteiger partial charge in [0.15, 0.2) is 0 Å². The highest BCUT2D eigenvalue weighted by Gasteiger charge is 2.16. The van der Waals surface area contributed by atoms with Crippen LogP contribution < -0.4 is 9.64 Å². The standard InChI is InChI=1S/C19H21N3O2/c20-15-16-1-7-19(8-2-16)24-14-13-21-9-11-22(12-10-21)17-3-5-18(23)6-4-17/h1-8,23H,9-14H2. The third-order valence-corrected chi connectivity index (χ3v) is 4.25. The maximum atomic E-state index is 9.36. The first-order valence-electron chi connectivity index (χ1n) is 8.14. The molecular weight excluding hydrogens is 302 g/mol. The highest BCUT2D eigenvalue weighted by molar-refractivity contribution is 5.49. The average Bonchev–Trinajstić information content (AvgIpc) is 2.64. The molecule has 1 aliphatic heterocycles. The third-order valence-electron chi connectivity index (χ3n) is 4.25. The average molecular weight is 323 g/mol. The van der Waals surface area contributed by atoms with Gasteiger partial charge in [-0.2, -0.15) is 5.26 Å². The van der Waals surface area contributed by atoms with Crippen molar-refractivity contribution in [2.75, 3.05) is 44.2 Å². The van der Waals surface area contributed by atoms with Crippen molar-refractivity contribution < 1.29 is 9.84 Å². The minimum Gasteiger partial charge on any atom is -0.508 e. The van der Waals surface area contributed by atoms with E-state index in [0.29, 0.717) is 17.9 Å². The molecular formula is C19H21N3O2. The van der Waals surface area contributed by atoms with Crippen LogP contribution in [0.4, 0.5) is 5.69 Å². The smallest absolute Gasteiger partial charge is 0.119 e. The lowest BCUT2D eigenvalue weighted by Gasteiger charge is -2.36. The van der Waals surface area contributed by atoms with E-state index in [9.17, 15) is 5.11 Å². The van der Waals surface area contributed by atoms with Crippen molar-refractivity contribution in [3.63, 3.8) is 0 Å². The van der Waals surface area contributed by atoms with Gasteiger partial charge < -0.3 is 14.7 Å². The van der Waals surface area contributed by atoms with Crippen LogP contribution >= 0.6 is 0 Å². The summed E-state index contributed by atoms with van der Waals surface area (Å²) in [7, 11) is 0. The van der Waals surface area contributed by atoms with E-state index < -0.39 is 0 Å². The summed E-state index contributed by atoms with van der Waals surface area (Å²) in [5.41, 5.74) is 1.80. The normalized spacial score (nSPS) is 15.0. The number of phenolic OH excluding ortho intramolecular Hbond substituents is 1. The van der Waals surface area contributed by atoms with Gasteiger partial charge in [-0.3, -0.25) is 4.90 Å². The zero-order valence-corrected chi connectivity index (χ0v) is 13.6. The van der Waals surface area contributed by atoms with E-state index in [0.717, 1.165) is 44.2 Å². The molecule has 1 heterocycles. The number of hydrogen-bond acceptors (Lipinski definition) is 5. The second-order valence-corrected chi connectivity index (χ2v) is 5.83. The van der Waals surface area contributed by atoms with E-state index in [4.69, 9.17) is 10.00 Å². The number of anilines is 1. The SMILES string of the molecule is N#Cc1ccc(OCCN2CCN(c3ccc(O)cc3)CC2)cc1. The van der Waals surface area contributed by atoms with Crippen molar-refractivity contribution in [1.82, 2.24) is 4.90 Å². The monoisotopic (exact) mass is 323 g/mol.